The Morgan fingerprint density at radius 3 is 2.65 bits per heavy atom. The topological polar surface area (TPSA) is 64.9 Å². The van der Waals surface area contributed by atoms with Gasteiger partial charge in [0.05, 0.1) is 18.8 Å². The number of methoxy groups -OCH3 is 1. The van der Waals surface area contributed by atoms with Crippen LogP contribution in [0.25, 0.3) is 0 Å². The summed E-state index contributed by atoms with van der Waals surface area (Å²) < 4.78 is 7.02. The largest absolute Gasteiger partial charge is 0.480 e. The average molecular weight is 233 g/mol. The molecular weight excluding hydrogens is 218 g/mol. The van der Waals surface area contributed by atoms with E-state index < -0.39 is 0 Å². The van der Waals surface area contributed by atoms with Gasteiger partial charge < -0.3 is 10.1 Å². The van der Waals surface area contributed by atoms with E-state index in [0.717, 1.165) is 11.4 Å². The van der Waals surface area contributed by atoms with E-state index in [4.69, 9.17) is 4.74 Å². The van der Waals surface area contributed by atoms with Crippen molar-refractivity contribution in [1.82, 2.24) is 25.1 Å². The number of ether oxygens (including phenoxy) is 1. The minimum atomic E-state index is -0.0915. The Morgan fingerprint density at radius 2 is 2.06 bits per heavy atom. The van der Waals surface area contributed by atoms with Crippen molar-refractivity contribution in [2.45, 2.75) is 6.04 Å². The van der Waals surface area contributed by atoms with Crippen LogP contribution in [-0.2, 0) is 7.05 Å². The van der Waals surface area contributed by atoms with Crippen LogP contribution in [-0.4, -0.2) is 33.9 Å². The molecule has 0 aromatic carbocycles. The van der Waals surface area contributed by atoms with Gasteiger partial charge in [0.25, 0.3) is 0 Å². The number of hydrogen-bond donors (Lipinski definition) is 1. The molecule has 0 radical (unpaired) electrons. The minimum Gasteiger partial charge on any atom is -0.480 e. The summed E-state index contributed by atoms with van der Waals surface area (Å²) in [5.41, 5.74) is 1.76. The maximum atomic E-state index is 5.22. The third-order valence-electron chi connectivity index (χ3n) is 2.60. The number of aromatic nitrogens is 4. The molecule has 90 valence electrons. The highest BCUT2D eigenvalue weighted by molar-refractivity contribution is 5.28. The normalized spacial score (nSPS) is 12.4. The molecule has 1 unspecified atom stereocenters. The van der Waals surface area contributed by atoms with Gasteiger partial charge in [-0.2, -0.15) is 5.10 Å². The molecule has 0 amide bonds. The average Bonchev–Trinajstić information content (AvgIpc) is 2.78. The van der Waals surface area contributed by atoms with E-state index in [1.165, 1.54) is 0 Å². The SMILES string of the molecule is CNC(c1nccnc1OC)c1ccnn1C. The van der Waals surface area contributed by atoms with Crippen LogP contribution in [0, 0.1) is 0 Å². The zero-order valence-corrected chi connectivity index (χ0v) is 10.1. The molecule has 1 atom stereocenters. The highest BCUT2D eigenvalue weighted by Crippen LogP contribution is 2.25. The summed E-state index contributed by atoms with van der Waals surface area (Å²) in [5.74, 6) is 0.521. The zero-order valence-electron chi connectivity index (χ0n) is 10.1. The van der Waals surface area contributed by atoms with Gasteiger partial charge in [0, 0.05) is 25.6 Å². The maximum Gasteiger partial charge on any atom is 0.237 e. The molecular formula is C11H15N5O. The number of rotatable bonds is 4. The van der Waals surface area contributed by atoms with Crippen molar-refractivity contribution >= 4 is 0 Å². The first-order valence-electron chi connectivity index (χ1n) is 5.28. The maximum absolute atomic E-state index is 5.22. The molecule has 0 aliphatic rings. The van der Waals surface area contributed by atoms with Crippen LogP contribution in [0.2, 0.25) is 0 Å². The molecule has 0 spiro atoms. The molecule has 0 saturated heterocycles. The highest BCUT2D eigenvalue weighted by atomic mass is 16.5. The fourth-order valence-corrected chi connectivity index (χ4v) is 1.78. The van der Waals surface area contributed by atoms with E-state index in [-0.39, 0.29) is 6.04 Å². The Bertz CT molecular complexity index is 496. The predicted octanol–water partition coefficient (Wildman–Crippen LogP) is 0.527. The molecule has 2 aromatic heterocycles. The molecule has 2 heterocycles. The lowest BCUT2D eigenvalue weighted by atomic mass is 10.1. The van der Waals surface area contributed by atoms with Crippen molar-refractivity contribution < 1.29 is 4.74 Å². The first-order chi connectivity index (χ1) is 8.27. The summed E-state index contributed by atoms with van der Waals surface area (Å²) in [7, 11) is 5.35. The first-order valence-corrected chi connectivity index (χ1v) is 5.28. The van der Waals surface area contributed by atoms with Crippen molar-refractivity contribution in [3.63, 3.8) is 0 Å². The van der Waals surface area contributed by atoms with E-state index in [1.807, 2.05) is 20.2 Å². The van der Waals surface area contributed by atoms with Gasteiger partial charge in [0.2, 0.25) is 5.88 Å². The van der Waals surface area contributed by atoms with E-state index in [9.17, 15) is 0 Å². The molecule has 17 heavy (non-hydrogen) atoms. The van der Waals surface area contributed by atoms with Crippen molar-refractivity contribution in [3.8, 4) is 5.88 Å². The molecule has 6 heteroatoms. The second-order valence-electron chi connectivity index (χ2n) is 3.55. The second kappa shape index (κ2) is 4.92. The van der Waals surface area contributed by atoms with Gasteiger partial charge in [-0.3, -0.25) is 9.67 Å². The predicted molar refractivity (Wildman–Crippen MR) is 62.7 cm³/mol. The van der Waals surface area contributed by atoms with E-state index in [1.54, 1.807) is 30.4 Å². The Morgan fingerprint density at radius 1 is 1.29 bits per heavy atom. The summed E-state index contributed by atoms with van der Waals surface area (Å²) in [6, 6.07) is 1.85. The quantitative estimate of drug-likeness (QED) is 0.834. The fourth-order valence-electron chi connectivity index (χ4n) is 1.78. The van der Waals surface area contributed by atoms with Crippen LogP contribution in [0.1, 0.15) is 17.4 Å². The summed E-state index contributed by atoms with van der Waals surface area (Å²) in [5, 5.41) is 7.35. The van der Waals surface area contributed by atoms with Crippen molar-refractivity contribution in [1.29, 1.82) is 0 Å². The standard InChI is InChI=1S/C11H15N5O/c1-12-9(8-4-5-15-16(8)2)10-11(17-3)14-7-6-13-10/h4-7,9,12H,1-3H3. The third-order valence-corrected chi connectivity index (χ3v) is 2.60. The van der Waals surface area contributed by atoms with Crippen LogP contribution in [0.15, 0.2) is 24.7 Å². The Balaban J connectivity index is 2.46. The smallest absolute Gasteiger partial charge is 0.237 e. The van der Waals surface area contributed by atoms with Crippen LogP contribution in [0.5, 0.6) is 5.88 Å². The van der Waals surface area contributed by atoms with E-state index in [2.05, 4.69) is 20.4 Å². The van der Waals surface area contributed by atoms with Crippen LogP contribution < -0.4 is 10.1 Å². The van der Waals surface area contributed by atoms with Gasteiger partial charge in [0.15, 0.2) is 0 Å². The van der Waals surface area contributed by atoms with Gasteiger partial charge in [0.1, 0.15) is 5.69 Å². The third kappa shape index (κ3) is 2.12. The summed E-state index contributed by atoms with van der Waals surface area (Å²) >= 11 is 0. The number of nitrogens with one attached hydrogen (secondary N) is 1. The Labute approximate surface area is 99.7 Å². The summed E-state index contributed by atoms with van der Waals surface area (Å²) in [6.45, 7) is 0. The minimum absolute atomic E-state index is 0.0915. The molecule has 2 aromatic rings. The Kier molecular flexibility index (Phi) is 3.34. The summed E-state index contributed by atoms with van der Waals surface area (Å²) in [4.78, 5) is 8.48. The van der Waals surface area contributed by atoms with Gasteiger partial charge in [-0.15, -0.1) is 0 Å². The van der Waals surface area contributed by atoms with Crippen molar-refractivity contribution in [2.24, 2.45) is 7.05 Å². The van der Waals surface area contributed by atoms with Gasteiger partial charge >= 0.3 is 0 Å². The molecule has 1 N–H and O–H groups in total. The van der Waals surface area contributed by atoms with Crippen LogP contribution >= 0.6 is 0 Å². The molecule has 0 aliphatic carbocycles. The van der Waals surface area contributed by atoms with Crippen LogP contribution in [0.4, 0.5) is 0 Å². The first kappa shape index (κ1) is 11.5. The van der Waals surface area contributed by atoms with Gasteiger partial charge in [-0.1, -0.05) is 0 Å². The van der Waals surface area contributed by atoms with Gasteiger partial charge in [-0.25, -0.2) is 4.98 Å². The second-order valence-corrected chi connectivity index (χ2v) is 3.55. The summed E-state index contributed by atoms with van der Waals surface area (Å²) in [6.07, 6.45) is 5.01. The molecule has 0 saturated carbocycles. The monoisotopic (exact) mass is 233 g/mol. The highest BCUT2D eigenvalue weighted by Gasteiger charge is 2.21. The van der Waals surface area contributed by atoms with E-state index in [0.29, 0.717) is 5.88 Å². The zero-order chi connectivity index (χ0) is 12.3. The molecule has 0 bridgehead atoms. The molecule has 0 fully saturated rings. The van der Waals surface area contributed by atoms with Crippen LogP contribution in [0.3, 0.4) is 0 Å². The van der Waals surface area contributed by atoms with E-state index >= 15 is 0 Å². The fraction of sp³-hybridized carbons (Fsp3) is 0.364. The van der Waals surface area contributed by atoms with Crippen molar-refractivity contribution in [2.75, 3.05) is 14.2 Å². The lowest BCUT2D eigenvalue weighted by Crippen LogP contribution is -2.22. The van der Waals surface area contributed by atoms with Crippen molar-refractivity contribution in [3.05, 3.63) is 36.0 Å². The lowest BCUT2D eigenvalue weighted by Gasteiger charge is -2.17. The molecule has 2 rings (SSSR count). The number of nitrogens with zero attached hydrogens (tertiary/aromatic N) is 4. The molecule has 6 nitrogen and oxygen atoms in total. The number of hydrogen-bond acceptors (Lipinski definition) is 5. The lowest BCUT2D eigenvalue weighted by molar-refractivity contribution is 0.382. The van der Waals surface area contributed by atoms with Gasteiger partial charge in [-0.05, 0) is 13.1 Å². The molecule has 0 aliphatic heterocycles. The Hall–Kier alpha value is -1.95. The number of aryl methyl sites for hydroxylation is 1.